The van der Waals surface area contributed by atoms with Crippen molar-refractivity contribution in [3.05, 3.63) is 39.4 Å². The maximum atomic E-state index is 12.1. The molecule has 0 radical (unpaired) electrons. The highest BCUT2D eigenvalue weighted by Crippen LogP contribution is 2.25. The third kappa shape index (κ3) is 2.74. The van der Waals surface area contributed by atoms with Crippen LogP contribution in [0.5, 0.6) is 0 Å². The van der Waals surface area contributed by atoms with E-state index in [0.29, 0.717) is 47.8 Å². The fourth-order valence-electron chi connectivity index (χ4n) is 2.59. The molecule has 3 rings (SSSR count). The van der Waals surface area contributed by atoms with Gasteiger partial charge in [-0.05, 0) is 30.0 Å². The van der Waals surface area contributed by atoms with Crippen LogP contribution in [0.3, 0.4) is 0 Å². The SMILES string of the molecule is CC(C)COCc1nc2cc3c(cc2c(=O)[nH]1)C(=O)CC3. The average molecular weight is 286 g/mol. The summed E-state index contributed by atoms with van der Waals surface area (Å²) >= 11 is 0. The van der Waals surface area contributed by atoms with Crippen LogP contribution in [0.15, 0.2) is 16.9 Å². The molecular formula is C16H18N2O3. The van der Waals surface area contributed by atoms with E-state index in [-0.39, 0.29) is 11.3 Å². The Labute approximate surface area is 122 Å². The van der Waals surface area contributed by atoms with E-state index in [1.807, 2.05) is 6.07 Å². The molecule has 0 saturated heterocycles. The molecule has 0 fully saturated rings. The number of carbonyl (C=O) groups excluding carboxylic acids is 1. The number of aryl methyl sites for hydroxylation is 1. The summed E-state index contributed by atoms with van der Waals surface area (Å²) in [6.07, 6.45) is 1.26. The van der Waals surface area contributed by atoms with Gasteiger partial charge in [0.15, 0.2) is 5.78 Å². The maximum absolute atomic E-state index is 12.1. The number of ketones is 1. The molecule has 1 aliphatic rings. The van der Waals surface area contributed by atoms with E-state index in [2.05, 4.69) is 23.8 Å². The molecule has 5 nitrogen and oxygen atoms in total. The van der Waals surface area contributed by atoms with E-state index in [9.17, 15) is 9.59 Å². The molecule has 21 heavy (non-hydrogen) atoms. The molecule has 1 aromatic heterocycles. The molecule has 2 aromatic rings. The number of H-pyrrole nitrogens is 1. The first kappa shape index (κ1) is 13.9. The molecule has 0 atom stereocenters. The topological polar surface area (TPSA) is 72.0 Å². The molecule has 0 spiro atoms. The van der Waals surface area contributed by atoms with E-state index in [1.54, 1.807) is 6.07 Å². The first-order valence-corrected chi connectivity index (χ1v) is 7.21. The number of Topliss-reactive ketones (excluding diaryl/α,β-unsaturated/α-hetero) is 1. The van der Waals surface area contributed by atoms with Gasteiger partial charge in [0.05, 0.1) is 10.9 Å². The van der Waals surface area contributed by atoms with Crippen LogP contribution in [0.1, 0.15) is 42.0 Å². The zero-order valence-corrected chi connectivity index (χ0v) is 12.2. The summed E-state index contributed by atoms with van der Waals surface area (Å²) in [7, 11) is 0. The number of aromatic nitrogens is 2. The van der Waals surface area contributed by atoms with Gasteiger partial charge in [0, 0.05) is 18.6 Å². The summed E-state index contributed by atoms with van der Waals surface area (Å²) in [5.41, 5.74) is 2.07. The minimum absolute atomic E-state index is 0.107. The predicted molar refractivity (Wildman–Crippen MR) is 79.5 cm³/mol. The van der Waals surface area contributed by atoms with Crippen molar-refractivity contribution in [1.82, 2.24) is 9.97 Å². The second-order valence-electron chi connectivity index (χ2n) is 5.87. The van der Waals surface area contributed by atoms with Gasteiger partial charge in [0.25, 0.3) is 5.56 Å². The summed E-state index contributed by atoms with van der Waals surface area (Å²) in [6.45, 7) is 5.05. The fraction of sp³-hybridized carbons (Fsp3) is 0.438. The Morgan fingerprint density at radius 2 is 2.10 bits per heavy atom. The van der Waals surface area contributed by atoms with Gasteiger partial charge < -0.3 is 9.72 Å². The second-order valence-corrected chi connectivity index (χ2v) is 5.87. The summed E-state index contributed by atoms with van der Waals surface area (Å²) in [4.78, 5) is 31.1. The average Bonchev–Trinajstić information content (AvgIpc) is 2.78. The van der Waals surface area contributed by atoms with Crippen LogP contribution in [0, 0.1) is 5.92 Å². The van der Waals surface area contributed by atoms with Crippen LogP contribution >= 0.6 is 0 Å². The Kier molecular flexibility index (Phi) is 3.59. The van der Waals surface area contributed by atoms with E-state index < -0.39 is 0 Å². The lowest BCUT2D eigenvalue weighted by atomic mass is 10.1. The van der Waals surface area contributed by atoms with Gasteiger partial charge in [-0.1, -0.05) is 13.8 Å². The van der Waals surface area contributed by atoms with E-state index >= 15 is 0 Å². The summed E-state index contributed by atoms with van der Waals surface area (Å²) in [5, 5.41) is 0.469. The third-order valence-corrected chi connectivity index (χ3v) is 3.59. The quantitative estimate of drug-likeness (QED) is 0.935. The van der Waals surface area contributed by atoms with Crippen molar-refractivity contribution in [2.75, 3.05) is 6.61 Å². The minimum atomic E-state index is -0.217. The maximum Gasteiger partial charge on any atom is 0.258 e. The number of carbonyl (C=O) groups is 1. The predicted octanol–water partition coefficient (Wildman–Crippen LogP) is 2.22. The number of rotatable bonds is 4. The first-order valence-electron chi connectivity index (χ1n) is 7.21. The Balaban J connectivity index is 1.96. The molecule has 110 valence electrons. The van der Waals surface area contributed by atoms with Crippen molar-refractivity contribution in [2.45, 2.75) is 33.3 Å². The Morgan fingerprint density at radius 1 is 1.29 bits per heavy atom. The monoisotopic (exact) mass is 286 g/mol. The number of fused-ring (bicyclic) bond motifs is 2. The Bertz CT molecular complexity index is 762. The van der Waals surface area contributed by atoms with Crippen molar-refractivity contribution in [3.8, 4) is 0 Å². The second kappa shape index (κ2) is 5.41. The van der Waals surface area contributed by atoms with Crippen LogP contribution in [-0.2, 0) is 17.8 Å². The zero-order chi connectivity index (χ0) is 15.0. The smallest absolute Gasteiger partial charge is 0.258 e. The molecule has 1 aliphatic carbocycles. The molecule has 1 N–H and O–H groups in total. The zero-order valence-electron chi connectivity index (χ0n) is 12.2. The summed E-state index contributed by atoms with van der Waals surface area (Å²) in [6, 6.07) is 3.53. The number of nitrogens with one attached hydrogen (secondary N) is 1. The molecule has 0 saturated carbocycles. The van der Waals surface area contributed by atoms with Gasteiger partial charge in [-0.2, -0.15) is 0 Å². The molecule has 0 amide bonds. The molecule has 0 aliphatic heterocycles. The molecule has 5 heteroatoms. The molecule has 0 bridgehead atoms. The van der Waals surface area contributed by atoms with Crippen LogP contribution in [0.4, 0.5) is 0 Å². The van der Waals surface area contributed by atoms with Gasteiger partial charge in [0.2, 0.25) is 0 Å². The summed E-state index contributed by atoms with van der Waals surface area (Å²) < 4.78 is 5.51. The molecule has 0 unspecified atom stereocenters. The first-order chi connectivity index (χ1) is 10.0. The van der Waals surface area contributed by atoms with Crippen LogP contribution in [0.2, 0.25) is 0 Å². The molecule has 1 heterocycles. The fourth-order valence-corrected chi connectivity index (χ4v) is 2.59. The lowest BCUT2D eigenvalue weighted by Gasteiger charge is -2.07. The van der Waals surface area contributed by atoms with Crippen LogP contribution < -0.4 is 5.56 Å². The van der Waals surface area contributed by atoms with Crippen molar-refractivity contribution in [3.63, 3.8) is 0 Å². The number of aromatic amines is 1. The highest BCUT2D eigenvalue weighted by Gasteiger charge is 2.21. The van der Waals surface area contributed by atoms with E-state index in [0.717, 1.165) is 12.0 Å². The van der Waals surface area contributed by atoms with Gasteiger partial charge in [-0.15, -0.1) is 0 Å². The van der Waals surface area contributed by atoms with Crippen LogP contribution in [0.25, 0.3) is 10.9 Å². The number of benzene rings is 1. The Morgan fingerprint density at radius 3 is 2.86 bits per heavy atom. The number of ether oxygens (including phenoxy) is 1. The lowest BCUT2D eigenvalue weighted by Crippen LogP contribution is -2.14. The normalized spacial score (nSPS) is 14.1. The van der Waals surface area contributed by atoms with Crippen molar-refractivity contribution < 1.29 is 9.53 Å². The highest BCUT2D eigenvalue weighted by molar-refractivity contribution is 6.03. The van der Waals surface area contributed by atoms with Crippen molar-refractivity contribution in [1.29, 1.82) is 0 Å². The minimum Gasteiger partial charge on any atom is -0.373 e. The number of hydrogen-bond donors (Lipinski definition) is 1. The largest absolute Gasteiger partial charge is 0.373 e. The van der Waals surface area contributed by atoms with Gasteiger partial charge >= 0.3 is 0 Å². The molecule has 1 aromatic carbocycles. The van der Waals surface area contributed by atoms with Gasteiger partial charge in [-0.3, -0.25) is 9.59 Å². The van der Waals surface area contributed by atoms with Crippen LogP contribution in [-0.4, -0.2) is 22.4 Å². The Hall–Kier alpha value is -2.01. The lowest BCUT2D eigenvalue weighted by molar-refractivity contribution is 0.0924. The van der Waals surface area contributed by atoms with Gasteiger partial charge in [-0.25, -0.2) is 4.98 Å². The van der Waals surface area contributed by atoms with Crippen molar-refractivity contribution >= 4 is 16.7 Å². The van der Waals surface area contributed by atoms with Crippen molar-refractivity contribution in [2.24, 2.45) is 5.92 Å². The molecular weight excluding hydrogens is 268 g/mol. The van der Waals surface area contributed by atoms with E-state index in [1.165, 1.54) is 0 Å². The standard InChI is InChI=1S/C16H18N2O3/c1-9(2)7-21-8-15-17-13-5-10-3-4-14(19)11(10)6-12(13)16(20)18-15/h5-6,9H,3-4,7-8H2,1-2H3,(H,17,18,20). The highest BCUT2D eigenvalue weighted by atomic mass is 16.5. The van der Waals surface area contributed by atoms with Gasteiger partial charge in [0.1, 0.15) is 12.4 Å². The van der Waals surface area contributed by atoms with E-state index in [4.69, 9.17) is 4.74 Å². The summed E-state index contributed by atoms with van der Waals surface area (Å²) in [5.74, 6) is 1.07. The number of hydrogen-bond acceptors (Lipinski definition) is 4. The third-order valence-electron chi connectivity index (χ3n) is 3.59. The number of nitrogens with zero attached hydrogens (tertiary/aromatic N) is 1.